The predicted octanol–water partition coefficient (Wildman–Crippen LogP) is 2.59. The molecular weight excluding hydrogens is 386 g/mol. The van der Waals surface area contributed by atoms with Crippen LogP contribution in [0.1, 0.15) is 5.56 Å². The highest BCUT2D eigenvalue weighted by Crippen LogP contribution is 2.20. The first-order chi connectivity index (χ1) is 12.9. The number of anilines is 1. The molecule has 2 aromatic carbocycles. The van der Waals surface area contributed by atoms with Crippen molar-refractivity contribution in [3.8, 4) is 0 Å². The van der Waals surface area contributed by atoms with E-state index in [9.17, 15) is 13.2 Å². The van der Waals surface area contributed by atoms with Crippen LogP contribution in [0.2, 0.25) is 5.02 Å². The molecule has 1 N–H and O–H groups in total. The maximum absolute atomic E-state index is 12.7. The van der Waals surface area contributed by atoms with Crippen molar-refractivity contribution in [1.29, 1.82) is 0 Å². The summed E-state index contributed by atoms with van der Waals surface area (Å²) < 4.78 is 26.8. The normalized spacial score (nSPS) is 16.2. The number of piperazine rings is 1. The Morgan fingerprint density at radius 2 is 1.67 bits per heavy atom. The molecular formula is C19H22ClN3O3S. The SMILES string of the molecule is Cc1ccccc1NC(=O)CN1CCN(S(=O)(=O)c2ccc(Cl)cc2)CC1. The molecule has 2 aromatic rings. The lowest BCUT2D eigenvalue weighted by Gasteiger charge is -2.33. The summed E-state index contributed by atoms with van der Waals surface area (Å²) in [6, 6.07) is 13.8. The number of para-hydroxylation sites is 1. The number of halogens is 1. The molecule has 8 heteroatoms. The summed E-state index contributed by atoms with van der Waals surface area (Å²) in [4.78, 5) is 14.5. The molecule has 1 fully saturated rings. The summed E-state index contributed by atoms with van der Waals surface area (Å²) in [5, 5.41) is 3.40. The highest BCUT2D eigenvalue weighted by molar-refractivity contribution is 7.89. The van der Waals surface area contributed by atoms with Gasteiger partial charge in [-0.25, -0.2) is 8.42 Å². The third-order valence-corrected chi connectivity index (χ3v) is 6.73. The molecule has 0 atom stereocenters. The fraction of sp³-hybridized carbons (Fsp3) is 0.316. The number of nitrogens with zero attached hydrogens (tertiary/aromatic N) is 2. The Kier molecular flexibility index (Phi) is 6.16. The standard InChI is InChI=1S/C19H22ClN3O3S/c1-15-4-2-3-5-18(15)21-19(24)14-22-10-12-23(13-11-22)27(25,26)17-8-6-16(20)7-9-17/h2-9H,10-14H2,1H3,(H,21,24). The third kappa shape index (κ3) is 4.87. The van der Waals surface area contributed by atoms with Crippen LogP contribution in [0, 0.1) is 6.92 Å². The van der Waals surface area contributed by atoms with Crippen LogP contribution in [0.15, 0.2) is 53.4 Å². The number of carbonyl (C=O) groups excluding carboxylic acids is 1. The smallest absolute Gasteiger partial charge is 0.243 e. The minimum absolute atomic E-state index is 0.0988. The number of hydrogen-bond acceptors (Lipinski definition) is 4. The zero-order valence-electron chi connectivity index (χ0n) is 15.1. The molecule has 1 heterocycles. The lowest BCUT2D eigenvalue weighted by molar-refractivity contribution is -0.117. The van der Waals surface area contributed by atoms with Crippen molar-refractivity contribution < 1.29 is 13.2 Å². The number of aryl methyl sites for hydroxylation is 1. The van der Waals surface area contributed by atoms with Crippen molar-refractivity contribution >= 4 is 33.2 Å². The first-order valence-corrected chi connectivity index (χ1v) is 10.5. The van der Waals surface area contributed by atoms with Gasteiger partial charge in [0.1, 0.15) is 0 Å². The highest BCUT2D eigenvalue weighted by Gasteiger charge is 2.29. The Bertz CT molecular complexity index is 908. The molecule has 0 unspecified atom stereocenters. The highest BCUT2D eigenvalue weighted by atomic mass is 35.5. The van der Waals surface area contributed by atoms with E-state index < -0.39 is 10.0 Å². The van der Waals surface area contributed by atoms with Gasteiger partial charge >= 0.3 is 0 Å². The van der Waals surface area contributed by atoms with Gasteiger partial charge in [0, 0.05) is 36.9 Å². The second-order valence-electron chi connectivity index (χ2n) is 6.50. The van der Waals surface area contributed by atoms with Crippen molar-refractivity contribution in [3.05, 3.63) is 59.1 Å². The average molecular weight is 408 g/mol. The molecule has 6 nitrogen and oxygen atoms in total. The van der Waals surface area contributed by atoms with Gasteiger partial charge in [0.2, 0.25) is 15.9 Å². The molecule has 0 spiro atoms. The topological polar surface area (TPSA) is 69.7 Å². The van der Waals surface area contributed by atoms with Crippen LogP contribution in [0.5, 0.6) is 0 Å². The van der Waals surface area contributed by atoms with Crippen LogP contribution in [0.25, 0.3) is 0 Å². The van der Waals surface area contributed by atoms with Crippen LogP contribution in [-0.2, 0) is 14.8 Å². The van der Waals surface area contributed by atoms with Crippen molar-refractivity contribution in [2.24, 2.45) is 0 Å². The van der Waals surface area contributed by atoms with E-state index in [4.69, 9.17) is 11.6 Å². The summed E-state index contributed by atoms with van der Waals surface area (Å²) in [6.07, 6.45) is 0. The van der Waals surface area contributed by atoms with Crippen LogP contribution in [-0.4, -0.2) is 56.3 Å². The molecule has 0 bridgehead atoms. The van der Waals surface area contributed by atoms with E-state index in [0.29, 0.717) is 31.2 Å². The number of benzene rings is 2. The maximum atomic E-state index is 12.7. The second kappa shape index (κ2) is 8.39. The van der Waals surface area contributed by atoms with E-state index in [1.54, 1.807) is 12.1 Å². The van der Waals surface area contributed by atoms with Gasteiger partial charge in [-0.05, 0) is 42.8 Å². The number of rotatable bonds is 5. The zero-order valence-corrected chi connectivity index (χ0v) is 16.6. The van der Waals surface area contributed by atoms with E-state index in [1.807, 2.05) is 36.1 Å². The van der Waals surface area contributed by atoms with Gasteiger partial charge in [0.25, 0.3) is 0 Å². The minimum Gasteiger partial charge on any atom is -0.325 e. The molecule has 0 aromatic heterocycles. The maximum Gasteiger partial charge on any atom is 0.243 e. The number of nitrogens with one attached hydrogen (secondary N) is 1. The molecule has 0 radical (unpaired) electrons. The molecule has 1 saturated heterocycles. The quantitative estimate of drug-likeness (QED) is 0.827. The van der Waals surface area contributed by atoms with E-state index in [-0.39, 0.29) is 17.3 Å². The predicted molar refractivity (Wildman–Crippen MR) is 106 cm³/mol. The van der Waals surface area contributed by atoms with Crippen molar-refractivity contribution in [1.82, 2.24) is 9.21 Å². The van der Waals surface area contributed by atoms with Gasteiger partial charge in [-0.15, -0.1) is 0 Å². The van der Waals surface area contributed by atoms with Crippen LogP contribution >= 0.6 is 11.6 Å². The minimum atomic E-state index is -3.54. The lowest BCUT2D eigenvalue weighted by atomic mass is 10.2. The van der Waals surface area contributed by atoms with E-state index in [2.05, 4.69) is 5.32 Å². The zero-order chi connectivity index (χ0) is 19.4. The Hall–Kier alpha value is -1.93. The molecule has 27 heavy (non-hydrogen) atoms. The third-order valence-electron chi connectivity index (χ3n) is 4.57. The first kappa shape index (κ1) is 19.8. The van der Waals surface area contributed by atoms with Gasteiger partial charge in [-0.1, -0.05) is 29.8 Å². The fourth-order valence-corrected chi connectivity index (χ4v) is 4.54. The number of hydrogen-bond donors (Lipinski definition) is 1. The summed E-state index contributed by atoms with van der Waals surface area (Å²) in [5.41, 5.74) is 1.80. The fourth-order valence-electron chi connectivity index (χ4n) is 2.99. The molecule has 1 amide bonds. The van der Waals surface area contributed by atoms with Crippen LogP contribution in [0.3, 0.4) is 0 Å². The summed E-state index contributed by atoms with van der Waals surface area (Å²) in [5.74, 6) is -0.0988. The van der Waals surface area contributed by atoms with E-state index in [0.717, 1.165) is 11.3 Å². The van der Waals surface area contributed by atoms with Crippen molar-refractivity contribution in [3.63, 3.8) is 0 Å². The van der Waals surface area contributed by atoms with Gasteiger partial charge < -0.3 is 5.32 Å². The largest absolute Gasteiger partial charge is 0.325 e. The summed E-state index contributed by atoms with van der Waals surface area (Å²) >= 11 is 5.83. The number of sulfonamides is 1. The summed E-state index contributed by atoms with van der Waals surface area (Å²) in [7, 11) is -3.54. The number of amides is 1. The molecule has 0 aliphatic carbocycles. The van der Waals surface area contributed by atoms with Gasteiger partial charge in [0.15, 0.2) is 0 Å². The number of carbonyl (C=O) groups is 1. The first-order valence-electron chi connectivity index (χ1n) is 8.70. The van der Waals surface area contributed by atoms with Crippen molar-refractivity contribution in [2.75, 3.05) is 38.0 Å². The van der Waals surface area contributed by atoms with E-state index >= 15 is 0 Å². The molecule has 1 aliphatic rings. The Balaban J connectivity index is 1.55. The second-order valence-corrected chi connectivity index (χ2v) is 8.87. The van der Waals surface area contributed by atoms with Gasteiger partial charge in [-0.3, -0.25) is 9.69 Å². The Morgan fingerprint density at radius 3 is 2.30 bits per heavy atom. The van der Waals surface area contributed by atoms with Crippen molar-refractivity contribution in [2.45, 2.75) is 11.8 Å². The molecule has 0 saturated carbocycles. The van der Waals surface area contributed by atoms with Gasteiger partial charge in [-0.2, -0.15) is 4.31 Å². The summed E-state index contributed by atoms with van der Waals surface area (Å²) in [6.45, 7) is 3.90. The lowest BCUT2D eigenvalue weighted by Crippen LogP contribution is -2.50. The van der Waals surface area contributed by atoms with Crippen LogP contribution < -0.4 is 5.32 Å². The van der Waals surface area contributed by atoms with E-state index in [1.165, 1.54) is 16.4 Å². The Labute approximate surface area is 164 Å². The molecule has 144 valence electrons. The Morgan fingerprint density at radius 1 is 1.04 bits per heavy atom. The molecule has 1 aliphatic heterocycles. The monoisotopic (exact) mass is 407 g/mol. The average Bonchev–Trinajstić information content (AvgIpc) is 2.64. The van der Waals surface area contributed by atoms with Crippen LogP contribution in [0.4, 0.5) is 5.69 Å². The molecule has 3 rings (SSSR count). The van der Waals surface area contributed by atoms with Gasteiger partial charge in [0.05, 0.1) is 11.4 Å².